The zero-order valence-corrected chi connectivity index (χ0v) is 12.5. The van der Waals surface area contributed by atoms with Crippen molar-refractivity contribution in [2.45, 2.75) is 0 Å². The number of hydrogen-bond donors (Lipinski definition) is 2. The maximum absolute atomic E-state index is 12.1. The molecule has 1 aromatic carbocycles. The molecule has 2 aromatic rings. The molecule has 0 aliphatic carbocycles. The Balaban J connectivity index is 2.17. The minimum absolute atomic E-state index is 0.115. The molecule has 1 aromatic heterocycles. The number of benzene rings is 1. The van der Waals surface area contributed by atoms with E-state index in [2.05, 4.69) is 26.2 Å². The Labute approximate surface area is 128 Å². The number of carboxylic acids is 1. The van der Waals surface area contributed by atoms with Gasteiger partial charge in [-0.3, -0.25) is 4.79 Å². The lowest BCUT2D eigenvalue weighted by Crippen LogP contribution is -2.13. The number of rotatable bonds is 4. The van der Waals surface area contributed by atoms with Gasteiger partial charge in [-0.25, -0.2) is 9.78 Å². The molecule has 108 valence electrons. The summed E-state index contributed by atoms with van der Waals surface area (Å²) in [5, 5.41) is 11.4. The summed E-state index contributed by atoms with van der Waals surface area (Å²) in [4.78, 5) is 26.4. The van der Waals surface area contributed by atoms with Gasteiger partial charge < -0.3 is 15.2 Å². The van der Waals surface area contributed by atoms with Crippen LogP contribution < -0.4 is 10.1 Å². The van der Waals surface area contributed by atoms with Gasteiger partial charge in [0.2, 0.25) is 0 Å². The fourth-order valence-corrected chi connectivity index (χ4v) is 2.08. The summed E-state index contributed by atoms with van der Waals surface area (Å²) in [5.41, 5.74) is 0.697. The van der Waals surface area contributed by atoms with E-state index >= 15 is 0 Å². The number of halogens is 1. The third kappa shape index (κ3) is 3.79. The van der Waals surface area contributed by atoms with Gasteiger partial charge in [-0.15, -0.1) is 0 Å². The predicted octanol–water partition coefficient (Wildman–Crippen LogP) is 2.80. The second-order valence-corrected chi connectivity index (χ2v) is 4.99. The monoisotopic (exact) mass is 350 g/mol. The van der Waals surface area contributed by atoms with Gasteiger partial charge in [0.05, 0.1) is 12.7 Å². The predicted molar refractivity (Wildman–Crippen MR) is 79.8 cm³/mol. The number of pyridine rings is 1. The molecule has 0 spiro atoms. The average molecular weight is 351 g/mol. The molecule has 0 radical (unpaired) electrons. The van der Waals surface area contributed by atoms with Crippen LogP contribution in [0.25, 0.3) is 0 Å². The van der Waals surface area contributed by atoms with Gasteiger partial charge in [0, 0.05) is 22.4 Å². The molecule has 0 aliphatic heterocycles. The van der Waals surface area contributed by atoms with Crippen LogP contribution in [0.2, 0.25) is 0 Å². The first-order valence-electron chi connectivity index (χ1n) is 5.85. The van der Waals surface area contributed by atoms with Crippen LogP contribution in [0.3, 0.4) is 0 Å². The summed E-state index contributed by atoms with van der Waals surface area (Å²) in [6.07, 6.45) is 1.22. The number of nitrogens with zero attached hydrogens (tertiary/aromatic N) is 1. The van der Waals surface area contributed by atoms with Crippen molar-refractivity contribution in [3.8, 4) is 5.75 Å². The second-order valence-electron chi connectivity index (χ2n) is 4.07. The third-order valence-corrected chi connectivity index (χ3v) is 3.07. The topological polar surface area (TPSA) is 88.5 Å². The van der Waals surface area contributed by atoms with E-state index in [0.29, 0.717) is 11.4 Å². The van der Waals surface area contributed by atoms with E-state index in [1.165, 1.54) is 25.4 Å². The number of anilines is 1. The van der Waals surface area contributed by atoms with Crippen LogP contribution >= 0.6 is 15.9 Å². The summed E-state index contributed by atoms with van der Waals surface area (Å²) < 4.78 is 5.87. The highest BCUT2D eigenvalue weighted by atomic mass is 79.9. The Morgan fingerprint density at radius 2 is 2.05 bits per heavy atom. The SMILES string of the molecule is COc1cc(Br)cc(NC(=O)c2ccc(C(=O)O)nc2)c1. The van der Waals surface area contributed by atoms with Crippen molar-refractivity contribution >= 4 is 33.5 Å². The summed E-state index contributed by atoms with van der Waals surface area (Å²) in [7, 11) is 1.53. The molecule has 0 saturated carbocycles. The fourth-order valence-electron chi connectivity index (χ4n) is 1.61. The van der Waals surface area contributed by atoms with E-state index in [4.69, 9.17) is 9.84 Å². The van der Waals surface area contributed by atoms with Gasteiger partial charge in [-0.1, -0.05) is 15.9 Å². The summed E-state index contributed by atoms with van der Waals surface area (Å²) in [5.74, 6) is -0.933. The normalized spacial score (nSPS) is 10.0. The number of hydrogen-bond acceptors (Lipinski definition) is 4. The Hall–Kier alpha value is -2.41. The first-order valence-corrected chi connectivity index (χ1v) is 6.64. The minimum atomic E-state index is -1.14. The molecule has 0 saturated heterocycles. The van der Waals surface area contributed by atoms with Gasteiger partial charge in [0.25, 0.3) is 5.91 Å². The quantitative estimate of drug-likeness (QED) is 0.884. The zero-order valence-electron chi connectivity index (χ0n) is 11.0. The largest absolute Gasteiger partial charge is 0.497 e. The Kier molecular flexibility index (Phi) is 4.54. The first kappa shape index (κ1) is 15.0. The highest BCUT2D eigenvalue weighted by molar-refractivity contribution is 9.10. The van der Waals surface area contributed by atoms with Crippen molar-refractivity contribution in [1.29, 1.82) is 0 Å². The van der Waals surface area contributed by atoms with E-state index in [1.807, 2.05) is 0 Å². The number of carbonyl (C=O) groups is 2. The number of amides is 1. The molecule has 0 aliphatic rings. The van der Waals surface area contributed by atoms with Crippen molar-refractivity contribution in [3.63, 3.8) is 0 Å². The Morgan fingerprint density at radius 1 is 1.29 bits per heavy atom. The van der Waals surface area contributed by atoms with E-state index in [0.717, 1.165) is 4.47 Å². The number of carbonyl (C=O) groups excluding carboxylic acids is 1. The standard InChI is InChI=1S/C14H11BrN2O4/c1-21-11-5-9(15)4-10(6-11)17-13(18)8-2-3-12(14(19)20)16-7-8/h2-7H,1H3,(H,17,18)(H,19,20). The molecule has 21 heavy (non-hydrogen) atoms. The molecule has 6 nitrogen and oxygen atoms in total. The zero-order chi connectivity index (χ0) is 15.4. The molecule has 1 amide bonds. The number of aromatic nitrogens is 1. The van der Waals surface area contributed by atoms with E-state index in [-0.39, 0.29) is 17.2 Å². The molecule has 1 heterocycles. The summed E-state index contributed by atoms with van der Waals surface area (Å²) in [6, 6.07) is 7.83. The molecule has 2 N–H and O–H groups in total. The van der Waals surface area contributed by atoms with Crippen LogP contribution in [0.15, 0.2) is 41.0 Å². The highest BCUT2D eigenvalue weighted by Gasteiger charge is 2.10. The van der Waals surface area contributed by atoms with Crippen LogP contribution in [0, 0.1) is 0 Å². The second kappa shape index (κ2) is 6.36. The third-order valence-electron chi connectivity index (χ3n) is 2.61. The van der Waals surface area contributed by atoms with Gasteiger partial charge in [0.15, 0.2) is 0 Å². The maximum Gasteiger partial charge on any atom is 0.354 e. The average Bonchev–Trinajstić information content (AvgIpc) is 2.46. The van der Waals surface area contributed by atoms with Crippen LogP contribution in [-0.2, 0) is 0 Å². The smallest absolute Gasteiger partial charge is 0.354 e. The molecule has 0 bridgehead atoms. The highest BCUT2D eigenvalue weighted by Crippen LogP contribution is 2.24. The van der Waals surface area contributed by atoms with E-state index < -0.39 is 5.97 Å². The van der Waals surface area contributed by atoms with E-state index in [1.54, 1.807) is 18.2 Å². The van der Waals surface area contributed by atoms with Crippen molar-refractivity contribution in [2.24, 2.45) is 0 Å². The fraction of sp³-hybridized carbons (Fsp3) is 0.0714. The minimum Gasteiger partial charge on any atom is -0.497 e. The molecule has 0 unspecified atom stereocenters. The molecular weight excluding hydrogens is 340 g/mol. The van der Waals surface area contributed by atoms with Crippen molar-refractivity contribution in [3.05, 3.63) is 52.3 Å². The number of nitrogens with one attached hydrogen (secondary N) is 1. The number of ether oxygens (including phenoxy) is 1. The van der Waals surface area contributed by atoms with Crippen LogP contribution in [0.5, 0.6) is 5.75 Å². The first-order chi connectivity index (χ1) is 9.99. The van der Waals surface area contributed by atoms with Crippen molar-refractivity contribution in [2.75, 3.05) is 12.4 Å². The number of carboxylic acid groups (broad SMARTS) is 1. The van der Waals surface area contributed by atoms with E-state index in [9.17, 15) is 9.59 Å². The molecule has 7 heteroatoms. The van der Waals surface area contributed by atoms with Crippen molar-refractivity contribution < 1.29 is 19.4 Å². The lowest BCUT2D eigenvalue weighted by Gasteiger charge is -2.08. The van der Waals surface area contributed by atoms with Gasteiger partial charge in [0.1, 0.15) is 11.4 Å². The maximum atomic E-state index is 12.1. The Bertz CT molecular complexity index is 686. The molecule has 0 atom stereocenters. The van der Waals surface area contributed by atoms with Crippen LogP contribution in [0.1, 0.15) is 20.8 Å². The Morgan fingerprint density at radius 3 is 2.62 bits per heavy atom. The van der Waals surface area contributed by atoms with Gasteiger partial charge in [-0.2, -0.15) is 0 Å². The molecule has 0 fully saturated rings. The van der Waals surface area contributed by atoms with Gasteiger partial charge in [-0.05, 0) is 24.3 Å². The summed E-state index contributed by atoms with van der Waals surface area (Å²) >= 11 is 3.32. The summed E-state index contributed by atoms with van der Waals surface area (Å²) in [6.45, 7) is 0. The van der Waals surface area contributed by atoms with Gasteiger partial charge >= 0.3 is 5.97 Å². The van der Waals surface area contributed by atoms with Crippen LogP contribution in [-0.4, -0.2) is 29.1 Å². The lowest BCUT2D eigenvalue weighted by atomic mass is 10.2. The van der Waals surface area contributed by atoms with Crippen molar-refractivity contribution in [1.82, 2.24) is 4.98 Å². The van der Waals surface area contributed by atoms with Crippen LogP contribution in [0.4, 0.5) is 5.69 Å². The lowest BCUT2D eigenvalue weighted by molar-refractivity contribution is 0.0690. The number of methoxy groups -OCH3 is 1. The number of aromatic carboxylic acids is 1. The molecule has 2 rings (SSSR count). The molecular formula is C14H11BrN2O4.